The molecule has 0 amide bonds. The van der Waals surface area contributed by atoms with Crippen LogP contribution in [0.2, 0.25) is 5.02 Å². The van der Waals surface area contributed by atoms with E-state index in [1.807, 2.05) is 18.2 Å². The van der Waals surface area contributed by atoms with Crippen LogP contribution in [0.5, 0.6) is 11.5 Å². The number of hydrogen-bond acceptors (Lipinski definition) is 2. The smallest absolute Gasteiger partial charge is 0.153 e. The molecule has 0 saturated carbocycles. The number of benzene rings is 2. The van der Waals surface area contributed by atoms with Crippen molar-refractivity contribution in [2.45, 2.75) is 26.2 Å². The lowest BCUT2D eigenvalue weighted by molar-refractivity contribution is 0.112. The minimum Gasteiger partial charge on any atom is -0.456 e. The van der Waals surface area contributed by atoms with Crippen LogP contribution < -0.4 is 4.74 Å². The minimum absolute atomic E-state index is 0.401. The van der Waals surface area contributed by atoms with Crippen molar-refractivity contribution in [3.8, 4) is 11.5 Å². The number of carbonyl (C=O) groups is 1. The van der Waals surface area contributed by atoms with Crippen LogP contribution in [-0.2, 0) is 0 Å². The molecule has 0 aromatic heterocycles. The van der Waals surface area contributed by atoms with Gasteiger partial charge in [0.2, 0.25) is 0 Å². The van der Waals surface area contributed by atoms with Gasteiger partial charge in [0.15, 0.2) is 6.29 Å². The van der Waals surface area contributed by atoms with E-state index in [4.69, 9.17) is 16.3 Å². The number of para-hydroxylation sites is 1. The maximum absolute atomic E-state index is 11.1. The Morgan fingerprint density at radius 3 is 2.65 bits per heavy atom. The topological polar surface area (TPSA) is 26.3 Å². The molecule has 0 aliphatic rings. The predicted molar refractivity (Wildman–Crippen MR) is 82.1 cm³/mol. The zero-order chi connectivity index (χ0) is 14.5. The molecular formula is C17H17ClO2. The Kier molecular flexibility index (Phi) is 4.80. The van der Waals surface area contributed by atoms with Crippen LogP contribution in [0.25, 0.3) is 0 Å². The molecule has 0 aliphatic heterocycles. The molecule has 1 unspecified atom stereocenters. The largest absolute Gasteiger partial charge is 0.456 e. The highest BCUT2D eigenvalue weighted by molar-refractivity contribution is 6.30. The van der Waals surface area contributed by atoms with Gasteiger partial charge in [0.1, 0.15) is 11.5 Å². The molecule has 104 valence electrons. The normalized spacial score (nSPS) is 11.9. The van der Waals surface area contributed by atoms with E-state index in [1.54, 1.807) is 18.2 Å². The van der Waals surface area contributed by atoms with Crippen molar-refractivity contribution in [2.24, 2.45) is 0 Å². The molecule has 1 atom stereocenters. The molecule has 0 spiro atoms. The van der Waals surface area contributed by atoms with Crippen molar-refractivity contribution in [1.29, 1.82) is 0 Å². The summed E-state index contributed by atoms with van der Waals surface area (Å²) in [5, 5.41) is 0.523. The van der Waals surface area contributed by atoms with E-state index >= 15 is 0 Å². The van der Waals surface area contributed by atoms with Gasteiger partial charge in [-0.15, -0.1) is 0 Å². The first-order valence-electron chi connectivity index (χ1n) is 6.67. The highest BCUT2D eigenvalue weighted by Crippen LogP contribution is 2.33. The van der Waals surface area contributed by atoms with E-state index in [2.05, 4.69) is 19.9 Å². The molecule has 2 aromatic rings. The van der Waals surface area contributed by atoms with E-state index in [0.29, 0.717) is 22.3 Å². The standard InChI is InChI=1S/C17H17ClO2/c1-3-12(2)15-6-4-5-7-17(15)20-16-9-8-14(18)10-13(16)11-19/h4-12H,3H2,1-2H3. The first kappa shape index (κ1) is 14.6. The second-order valence-corrected chi connectivity index (χ2v) is 5.19. The van der Waals surface area contributed by atoms with E-state index < -0.39 is 0 Å². The van der Waals surface area contributed by atoms with Gasteiger partial charge in [-0.25, -0.2) is 0 Å². The van der Waals surface area contributed by atoms with Crippen molar-refractivity contribution in [3.05, 3.63) is 58.6 Å². The van der Waals surface area contributed by atoms with Crippen molar-refractivity contribution in [3.63, 3.8) is 0 Å². The molecule has 0 heterocycles. The van der Waals surface area contributed by atoms with Gasteiger partial charge < -0.3 is 4.74 Å². The van der Waals surface area contributed by atoms with Crippen LogP contribution in [0.15, 0.2) is 42.5 Å². The molecule has 2 nitrogen and oxygen atoms in total. The first-order chi connectivity index (χ1) is 9.65. The van der Waals surface area contributed by atoms with Gasteiger partial charge in [0.25, 0.3) is 0 Å². The Bertz CT molecular complexity index is 608. The lowest BCUT2D eigenvalue weighted by atomic mass is 9.98. The number of carbonyl (C=O) groups excluding carboxylic acids is 1. The number of rotatable bonds is 5. The maximum Gasteiger partial charge on any atom is 0.153 e. The van der Waals surface area contributed by atoms with Crippen molar-refractivity contribution in [1.82, 2.24) is 0 Å². The fourth-order valence-corrected chi connectivity index (χ4v) is 2.20. The molecule has 0 fully saturated rings. The summed E-state index contributed by atoms with van der Waals surface area (Å²) in [4.78, 5) is 11.1. The molecule has 2 rings (SSSR count). The highest BCUT2D eigenvalue weighted by Gasteiger charge is 2.12. The van der Waals surface area contributed by atoms with Gasteiger partial charge >= 0.3 is 0 Å². The van der Waals surface area contributed by atoms with Crippen molar-refractivity contribution >= 4 is 17.9 Å². The van der Waals surface area contributed by atoms with Gasteiger partial charge in [0, 0.05) is 5.02 Å². The van der Waals surface area contributed by atoms with Crippen LogP contribution in [0.1, 0.15) is 42.1 Å². The van der Waals surface area contributed by atoms with Gasteiger partial charge in [0.05, 0.1) is 5.56 Å². The average Bonchev–Trinajstić information content (AvgIpc) is 2.48. The molecule has 0 N–H and O–H groups in total. The first-order valence-corrected chi connectivity index (χ1v) is 7.05. The lowest BCUT2D eigenvalue weighted by Gasteiger charge is -2.16. The molecule has 0 radical (unpaired) electrons. The Morgan fingerprint density at radius 1 is 1.20 bits per heavy atom. The molecular weight excluding hydrogens is 272 g/mol. The summed E-state index contributed by atoms with van der Waals surface area (Å²) in [7, 11) is 0. The van der Waals surface area contributed by atoms with Crippen LogP contribution in [-0.4, -0.2) is 6.29 Å². The summed E-state index contributed by atoms with van der Waals surface area (Å²) < 4.78 is 5.92. The van der Waals surface area contributed by atoms with Crippen LogP contribution in [0.4, 0.5) is 0 Å². The third-order valence-corrected chi connectivity index (χ3v) is 3.62. The Morgan fingerprint density at radius 2 is 1.95 bits per heavy atom. The number of halogens is 1. The van der Waals surface area contributed by atoms with E-state index in [9.17, 15) is 4.79 Å². The van der Waals surface area contributed by atoms with Crippen molar-refractivity contribution in [2.75, 3.05) is 0 Å². The molecule has 2 aromatic carbocycles. The summed E-state index contributed by atoms with van der Waals surface area (Å²) in [5.74, 6) is 1.71. The van der Waals surface area contributed by atoms with Crippen LogP contribution >= 0.6 is 11.6 Å². The predicted octanol–water partition coefficient (Wildman–Crippen LogP) is 5.46. The fourth-order valence-electron chi connectivity index (χ4n) is 2.02. The monoisotopic (exact) mass is 288 g/mol. The van der Waals surface area contributed by atoms with Crippen LogP contribution in [0, 0.1) is 0 Å². The third kappa shape index (κ3) is 3.20. The van der Waals surface area contributed by atoms with Gasteiger partial charge in [-0.3, -0.25) is 4.79 Å². The molecule has 20 heavy (non-hydrogen) atoms. The Balaban J connectivity index is 2.37. The van der Waals surface area contributed by atoms with Gasteiger partial charge in [-0.05, 0) is 42.2 Å². The second kappa shape index (κ2) is 6.58. The third-order valence-electron chi connectivity index (χ3n) is 3.38. The summed E-state index contributed by atoms with van der Waals surface area (Å²) in [6.45, 7) is 4.30. The lowest BCUT2D eigenvalue weighted by Crippen LogP contribution is -1.97. The zero-order valence-corrected chi connectivity index (χ0v) is 12.4. The zero-order valence-electron chi connectivity index (χ0n) is 11.6. The minimum atomic E-state index is 0.401. The molecule has 0 bridgehead atoms. The van der Waals surface area contributed by atoms with E-state index in [-0.39, 0.29) is 0 Å². The molecule has 3 heteroatoms. The second-order valence-electron chi connectivity index (χ2n) is 4.75. The number of aldehydes is 1. The van der Waals surface area contributed by atoms with Gasteiger partial charge in [-0.2, -0.15) is 0 Å². The summed E-state index contributed by atoms with van der Waals surface area (Å²) in [5.41, 5.74) is 1.60. The molecule has 0 saturated heterocycles. The number of hydrogen-bond donors (Lipinski definition) is 0. The van der Waals surface area contributed by atoms with Gasteiger partial charge in [-0.1, -0.05) is 43.6 Å². The summed E-state index contributed by atoms with van der Waals surface area (Å²) >= 11 is 5.89. The summed E-state index contributed by atoms with van der Waals surface area (Å²) in [6.07, 6.45) is 1.79. The average molecular weight is 289 g/mol. The highest BCUT2D eigenvalue weighted by atomic mass is 35.5. The Hall–Kier alpha value is -1.80. The fraction of sp³-hybridized carbons (Fsp3) is 0.235. The van der Waals surface area contributed by atoms with Crippen LogP contribution in [0.3, 0.4) is 0 Å². The van der Waals surface area contributed by atoms with E-state index in [0.717, 1.165) is 24.0 Å². The molecule has 0 aliphatic carbocycles. The number of ether oxygens (including phenoxy) is 1. The van der Waals surface area contributed by atoms with Crippen molar-refractivity contribution < 1.29 is 9.53 Å². The summed E-state index contributed by atoms with van der Waals surface area (Å²) in [6, 6.07) is 12.9. The Labute approximate surface area is 124 Å². The quantitative estimate of drug-likeness (QED) is 0.683. The SMILES string of the molecule is CCC(C)c1ccccc1Oc1ccc(Cl)cc1C=O. The maximum atomic E-state index is 11.1. The van der Waals surface area contributed by atoms with E-state index in [1.165, 1.54) is 0 Å².